The lowest BCUT2D eigenvalue weighted by molar-refractivity contribution is -0.135. The lowest BCUT2D eigenvalue weighted by Gasteiger charge is -2.35. The zero-order valence-corrected chi connectivity index (χ0v) is 19.2. The first-order valence-corrected chi connectivity index (χ1v) is 10.8. The van der Waals surface area contributed by atoms with E-state index in [2.05, 4.69) is 0 Å². The molecule has 1 aliphatic heterocycles. The van der Waals surface area contributed by atoms with Crippen LogP contribution in [-0.4, -0.2) is 63.3 Å². The fraction of sp³-hybridized carbons (Fsp3) is 0.417. The summed E-state index contributed by atoms with van der Waals surface area (Å²) in [5.74, 6) is 1.32. The average molecular weight is 443 g/mol. The number of carbonyl (C=O) groups excluding carboxylic acids is 2. The highest BCUT2D eigenvalue weighted by molar-refractivity contribution is 6.08. The predicted octanol–water partition coefficient (Wildman–Crippen LogP) is 3.38. The van der Waals surface area contributed by atoms with Crippen LogP contribution in [0.2, 0.25) is 0 Å². The molecule has 1 heterocycles. The molecule has 2 aromatic carbocycles. The summed E-state index contributed by atoms with van der Waals surface area (Å²) in [4.78, 5) is 29.3. The summed E-state index contributed by atoms with van der Waals surface area (Å²) in [5.41, 5.74) is 0.971. The highest BCUT2D eigenvalue weighted by Crippen LogP contribution is 2.41. The van der Waals surface area contributed by atoms with Crippen LogP contribution < -0.4 is 23.8 Å². The molecule has 2 amide bonds. The highest BCUT2D eigenvalue weighted by Gasteiger charge is 2.35. The minimum Gasteiger partial charge on any atom is -0.490 e. The maximum Gasteiger partial charge on any atom is 0.265 e. The Labute approximate surface area is 188 Å². The molecule has 0 aromatic heterocycles. The number of likely N-dealkylation sites (N-methyl/N-ethyl adjacent to an activating group) is 1. The first kappa shape index (κ1) is 23.2. The van der Waals surface area contributed by atoms with Gasteiger partial charge in [-0.2, -0.15) is 0 Å². The van der Waals surface area contributed by atoms with Crippen LogP contribution in [0.25, 0.3) is 0 Å². The quantitative estimate of drug-likeness (QED) is 0.624. The summed E-state index contributed by atoms with van der Waals surface area (Å²) in [5, 5.41) is 0. The molecule has 0 N–H and O–H groups in total. The number of para-hydroxylation sites is 2. The van der Waals surface area contributed by atoms with E-state index in [4.69, 9.17) is 18.9 Å². The zero-order chi connectivity index (χ0) is 23.3. The second-order valence-corrected chi connectivity index (χ2v) is 7.32. The molecule has 0 fully saturated rings. The van der Waals surface area contributed by atoms with Crippen molar-refractivity contribution in [3.8, 4) is 23.0 Å². The Morgan fingerprint density at radius 1 is 1.00 bits per heavy atom. The molecule has 3 rings (SSSR count). The molecule has 32 heavy (non-hydrogen) atoms. The number of hydrogen-bond acceptors (Lipinski definition) is 6. The van der Waals surface area contributed by atoms with Crippen molar-refractivity contribution >= 4 is 17.5 Å². The van der Waals surface area contributed by atoms with Gasteiger partial charge in [0, 0.05) is 19.7 Å². The van der Waals surface area contributed by atoms with Gasteiger partial charge in [-0.1, -0.05) is 12.1 Å². The number of amides is 2. The molecular weight excluding hydrogens is 412 g/mol. The van der Waals surface area contributed by atoms with Crippen LogP contribution in [0.3, 0.4) is 0 Å². The molecule has 0 unspecified atom stereocenters. The van der Waals surface area contributed by atoms with Crippen LogP contribution in [0.15, 0.2) is 36.4 Å². The summed E-state index contributed by atoms with van der Waals surface area (Å²) >= 11 is 0. The minimum absolute atomic E-state index is 0.0913. The number of benzene rings is 2. The Morgan fingerprint density at radius 2 is 1.59 bits per heavy atom. The number of carbonyl (C=O) groups is 2. The molecule has 0 bridgehead atoms. The molecule has 1 atom stereocenters. The van der Waals surface area contributed by atoms with Gasteiger partial charge >= 0.3 is 0 Å². The van der Waals surface area contributed by atoms with E-state index in [0.717, 1.165) is 0 Å². The van der Waals surface area contributed by atoms with Gasteiger partial charge in [-0.05, 0) is 45.0 Å². The van der Waals surface area contributed by atoms with Crippen molar-refractivity contribution < 1.29 is 28.5 Å². The van der Waals surface area contributed by atoms with E-state index in [9.17, 15) is 9.59 Å². The topological polar surface area (TPSA) is 77.5 Å². The van der Waals surface area contributed by atoms with Gasteiger partial charge in [0.15, 0.2) is 17.6 Å². The van der Waals surface area contributed by atoms with Gasteiger partial charge in [0.05, 0.1) is 32.1 Å². The second kappa shape index (κ2) is 10.3. The number of fused-ring (bicyclic) bond motifs is 1. The largest absolute Gasteiger partial charge is 0.490 e. The Balaban J connectivity index is 2.05. The molecule has 0 saturated heterocycles. The van der Waals surface area contributed by atoms with Crippen LogP contribution >= 0.6 is 0 Å². The maximum absolute atomic E-state index is 13.7. The van der Waals surface area contributed by atoms with Gasteiger partial charge in [-0.15, -0.1) is 0 Å². The molecule has 0 radical (unpaired) electrons. The summed E-state index contributed by atoms with van der Waals surface area (Å²) in [6.07, 6.45) is -0.802. The van der Waals surface area contributed by atoms with Crippen molar-refractivity contribution in [2.75, 3.05) is 45.4 Å². The lowest BCUT2D eigenvalue weighted by Crippen LogP contribution is -2.50. The van der Waals surface area contributed by atoms with Crippen molar-refractivity contribution in [1.82, 2.24) is 4.90 Å². The van der Waals surface area contributed by atoms with Crippen molar-refractivity contribution in [2.45, 2.75) is 26.9 Å². The maximum atomic E-state index is 13.7. The molecule has 0 spiro atoms. The van der Waals surface area contributed by atoms with Crippen LogP contribution in [-0.2, 0) is 4.79 Å². The summed E-state index contributed by atoms with van der Waals surface area (Å²) < 4.78 is 23.1. The fourth-order valence-corrected chi connectivity index (χ4v) is 3.51. The van der Waals surface area contributed by atoms with E-state index in [0.29, 0.717) is 54.1 Å². The predicted molar refractivity (Wildman–Crippen MR) is 121 cm³/mol. The molecule has 2 aromatic rings. The van der Waals surface area contributed by atoms with Gasteiger partial charge in [0.2, 0.25) is 5.75 Å². The zero-order valence-electron chi connectivity index (χ0n) is 19.2. The van der Waals surface area contributed by atoms with Crippen LogP contribution in [0.1, 0.15) is 31.1 Å². The third-order valence-electron chi connectivity index (χ3n) is 4.89. The first-order chi connectivity index (χ1) is 15.4. The van der Waals surface area contributed by atoms with Gasteiger partial charge < -0.3 is 28.7 Å². The summed E-state index contributed by atoms with van der Waals surface area (Å²) in [6, 6.07) is 10.5. The Kier molecular flexibility index (Phi) is 7.45. The Morgan fingerprint density at radius 3 is 2.16 bits per heavy atom. The van der Waals surface area contributed by atoms with Gasteiger partial charge in [-0.25, -0.2) is 0 Å². The van der Waals surface area contributed by atoms with Crippen LogP contribution in [0.5, 0.6) is 23.0 Å². The van der Waals surface area contributed by atoms with E-state index in [-0.39, 0.29) is 18.4 Å². The van der Waals surface area contributed by atoms with Gasteiger partial charge in [-0.3, -0.25) is 9.59 Å². The first-order valence-electron chi connectivity index (χ1n) is 10.8. The molecule has 8 heteroatoms. The molecule has 172 valence electrons. The SMILES string of the molecule is CCOc1cc(C(=O)N2C[C@@H](C(=O)N(C)C)Oc3ccccc32)cc(OCC)c1OCC. The standard InChI is InChI=1S/C24H30N2O6/c1-6-29-19-13-16(14-20(30-7-2)22(19)31-8-3)23(27)26-15-21(24(28)25(4)5)32-18-12-10-9-11-17(18)26/h9-14,21H,6-8,15H2,1-5H3/t21-/m0/s1. The van der Waals surface area contributed by atoms with Crippen molar-refractivity contribution in [1.29, 1.82) is 0 Å². The van der Waals surface area contributed by atoms with Gasteiger partial charge in [0.1, 0.15) is 5.75 Å². The van der Waals surface area contributed by atoms with E-state index < -0.39 is 6.10 Å². The molecule has 0 saturated carbocycles. The van der Waals surface area contributed by atoms with E-state index >= 15 is 0 Å². The number of rotatable bonds is 8. The third-order valence-corrected chi connectivity index (χ3v) is 4.89. The van der Waals surface area contributed by atoms with Crippen molar-refractivity contribution in [3.63, 3.8) is 0 Å². The fourth-order valence-electron chi connectivity index (χ4n) is 3.51. The minimum atomic E-state index is -0.802. The highest BCUT2D eigenvalue weighted by atomic mass is 16.5. The second-order valence-electron chi connectivity index (χ2n) is 7.32. The van der Waals surface area contributed by atoms with Crippen molar-refractivity contribution in [2.24, 2.45) is 0 Å². The monoisotopic (exact) mass is 442 g/mol. The van der Waals surface area contributed by atoms with Crippen molar-refractivity contribution in [3.05, 3.63) is 42.0 Å². The lowest BCUT2D eigenvalue weighted by atomic mass is 10.1. The van der Waals surface area contributed by atoms with Crippen LogP contribution in [0.4, 0.5) is 5.69 Å². The van der Waals surface area contributed by atoms with E-state index in [1.165, 1.54) is 4.90 Å². The molecule has 1 aliphatic rings. The summed E-state index contributed by atoms with van der Waals surface area (Å²) in [7, 11) is 3.32. The molecular formula is C24H30N2O6. The number of nitrogens with zero attached hydrogens (tertiary/aromatic N) is 2. The number of hydrogen-bond donors (Lipinski definition) is 0. The van der Waals surface area contributed by atoms with E-state index in [1.54, 1.807) is 49.3 Å². The van der Waals surface area contributed by atoms with Gasteiger partial charge in [0.25, 0.3) is 11.8 Å². The Hall–Kier alpha value is -3.42. The molecule has 0 aliphatic carbocycles. The number of ether oxygens (including phenoxy) is 4. The third kappa shape index (κ3) is 4.74. The van der Waals surface area contributed by atoms with Crippen LogP contribution in [0, 0.1) is 0 Å². The normalized spacial score (nSPS) is 14.8. The van der Waals surface area contributed by atoms with E-state index in [1.807, 2.05) is 26.8 Å². The molecule has 8 nitrogen and oxygen atoms in total. The number of anilines is 1. The smallest absolute Gasteiger partial charge is 0.265 e. The summed E-state index contributed by atoms with van der Waals surface area (Å²) in [6.45, 7) is 6.93. The Bertz CT molecular complexity index is 948. The average Bonchev–Trinajstić information content (AvgIpc) is 2.79.